The second-order valence-electron chi connectivity index (χ2n) is 9.08. The summed E-state index contributed by atoms with van der Waals surface area (Å²) in [4.78, 5) is 13.1. The summed E-state index contributed by atoms with van der Waals surface area (Å²) in [5, 5.41) is 0. The van der Waals surface area contributed by atoms with Crippen LogP contribution < -0.4 is 23.5 Å². The first kappa shape index (κ1) is 31.4. The molecule has 4 rings (SSSR count). The molecule has 0 heterocycles. The second kappa shape index (κ2) is 15.1. The van der Waals surface area contributed by atoms with E-state index in [1.54, 1.807) is 36.4 Å². The van der Waals surface area contributed by atoms with Crippen LogP contribution in [-0.2, 0) is 26.8 Å². The maximum atomic E-state index is 13.9. The molecule has 0 unspecified atom stereocenters. The van der Waals surface area contributed by atoms with Crippen LogP contribution in [-0.4, -0.2) is 34.2 Å². The normalized spacial score (nSPS) is 11.3. The van der Waals surface area contributed by atoms with E-state index in [0.717, 1.165) is 11.1 Å². The van der Waals surface area contributed by atoms with Crippen LogP contribution in [0.15, 0.2) is 97.1 Å². The zero-order valence-electron chi connectivity index (χ0n) is 24.4. The average molecular weight is 605 g/mol. The van der Waals surface area contributed by atoms with Gasteiger partial charge in [0.15, 0.2) is 28.8 Å². The molecule has 43 heavy (non-hydrogen) atoms. The van der Waals surface area contributed by atoms with E-state index >= 15 is 0 Å². The van der Waals surface area contributed by atoms with E-state index in [1.807, 2.05) is 60.7 Å². The lowest BCUT2D eigenvalue weighted by Gasteiger charge is -2.20. The first-order valence-electron chi connectivity index (χ1n) is 13.2. The van der Waals surface area contributed by atoms with Crippen LogP contribution >= 0.6 is 7.82 Å². The minimum Gasteiger partial charge on any atom is -0.493 e. The quantitative estimate of drug-likeness (QED) is 0.0774. The molecule has 0 aliphatic heterocycles. The Bertz CT molecular complexity index is 1510. The molecule has 224 valence electrons. The molecule has 10 heteroatoms. The zero-order valence-corrected chi connectivity index (χ0v) is 25.2. The lowest BCUT2D eigenvalue weighted by Crippen LogP contribution is -2.04. The van der Waals surface area contributed by atoms with Crippen molar-refractivity contribution < 1.29 is 41.9 Å². The number of carbonyl (C=O) groups excluding carboxylic acids is 1. The molecular formula is C33H33O9P. The molecule has 0 spiro atoms. The number of allylic oxidation sites excluding steroid dienone is 1. The van der Waals surface area contributed by atoms with Crippen LogP contribution in [0.4, 0.5) is 0 Å². The van der Waals surface area contributed by atoms with Gasteiger partial charge in [0.1, 0.15) is 0 Å². The predicted molar refractivity (Wildman–Crippen MR) is 163 cm³/mol. The maximum Gasteiger partial charge on any atom is 0.530 e. The fourth-order valence-electron chi connectivity index (χ4n) is 4.03. The predicted octanol–water partition coefficient (Wildman–Crippen LogP) is 7.54. The fraction of sp³-hybridized carbons (Fsp3) is 0.182. The Morgan fingerprint density at radius 2 is 1.19 bits per heavy atom. The number of carbonyl (C=O) groups is 1. The molecule has 0 aliphatic rings. The Kier molecular flexibility index (Phi) is 11.0. The first-order valence-corrected chi connectivity index (χ1v) is 14.7. The van der Waals surface area contributed by atoms with Crippen LogP contribution in [0.1, 0.15) is 27.0 Å². The van der Waals surface area contributed by atoms with Crippen LogP contribution in [0.3, 0.4) is 0 Å². The summed E-state index contributed by atoms with van der Waals surface area (Å²) in [6.45, 7) is -0.00376. The topological polar surface area (TPSA) is 98.8 Å². The van der Waals surface area contributed by atoms with Crippen molar-refractivity contribution >= 4 is 19.7 Å². The zero-order chi connectivity index (χ0) is 30.7. The molecule has 9 nitrogen and oxygen atoms in total. The molecule has 0 radical (unpaired) electrons. The van der Waals surface area contributed by atoms with Crippen LogP contribution in [0.2, 0.25) is 0 Å². The van der Waals surface area contributed by atoms with Crippen molar-refractivity contribution in [3.05, 3.63) is 119 Å². The Morgan fingerprint density at radius 1 is 0.651 bits per heavy atom. The summed E-state index contributed by atoms with van der Waals surface area (Å²) in [5.74, 6) is 1.23. The van der Waals surface area contributed by atoms with Crippen molar-refractivity contribution in [1.82, 2.24) is 0 Å². The van der Waals surface area contributed by atoms with E-state index in [1.165, 1.54) is 34.5 Å². The number of phosphoric acid groups is 1. The maximum absolute atomic E-state index is 13.9. The number of rotatable bonds is 15. The Labute approximate surface area is 251 Å². The third-order valence-electron chi connectivity index (χ3n) is 6.24. The lowest BCUT2D eigenvalue weighted by molar-refractivity contribution is 0.104. The summed E-state index contributed by atoms with van der Waals surface area (Å²) in [6, 6.07) is 26.6. The SMILES string of the molecule is COc1ccc(/C=C/C(=O)c2cc(OC)c(OC)c(OC)c2)cc1OP(=O)(OCc1ccccc1)OCc1ccccc1. The molecule has 0 aliphatic carbocycles. The highest BCUT2D eigenvalue weighted by atomic mass is 31.2. The number of hydrogen-bond acceptors (Lipinski definition) is 9. The van der Waals surface area contributed by atoms with Gasteiger partial charge in [0.25, 0.3) is 0 Å². The van der Waals surface area contributed by atoms with Gasteiger partial charge in [-0.25, -0.2) is 4.57 Å². The van der Waals surface area contributed by atoms with Crippen LogP contribution in [0.5, 0.6) is 28.7 Å². The smallest absolute Gasteiger partial charge is 0.493 e. The van der Waals surface area contributed by atoms with Crippen molar-refractivity contribution in [1.29, 1.82) is 0 Å². The highest BCUT2D eigenvalue weighted by molar-refractivity contribution is 7.48. The van der Waals surface area contributed by atoms with Gasteiger partial charge >= 0.3 is 7.82 Å². The number of phosphoric ester groups is 1. The van der Waals surface area contributed by atoms with Crippen molar-refractivity contribution in [2.45, 2.75) is 13.2 Å². The third kappa shape index (κ3) is 8.49. The molecule has 0 saturated carbocycles. The summed E-state index contributed by atoms with van der Waals surface area (Å²) in [5.41, 5.74) is 2.50. The number of methoxy groups -OCH3 is 4. The molecule has 0 atom stereocenters. The summed E-state index contributed by atoms with van der Waals surface area (Å²) in [6.07, 6.45) is 2.99. The van der Waals surface area contributed by atoms with Crippen molar-refractivity contribution in [3.8, 4) is 28.7 Å². The average Bonchev–Trinajstić information content (AvgIpc) is 3.05. The largest absolute Gasteiger partial charge is 0.530 e. The van der Waals surface area contributed by atoms with Crippen molar-refractivity contribution in [2.24, 2.45) is 0 Å². The van der Waals surface area contributed by atoms with E-state index in [4.69, 9.17) is 32.5 Å². The van der Waals surface area contributed by atoms with Gasteiger partial charge in [0.05, 0.1) is 41.7 Å². The van der Waals surface area contributed by atoms with Crippen LogP contribution in [0.25, 0.3) is 6.08 Å². The summed E-state index contributed by atoms with van der Waals surface area (Å²) >= 11 is 0. The van der Waals surface area contributed by atoms with E-state index in [2.05, 4.69) is 0 Å². The molecule has 0 aromatic heterocycles. The molecule has 0 N–H and O–H groups in total. The highest BCUT2D eigenvalue weighted by Crippen LogP contribution is 2.53. The van der Waals surface area contributed by atoms with E-state index in [9.17, 15) is 9.36 Å². The molecule has 0 bridgehead atoms. The Morgan fingerprint density at radius 3 is 1.67 bits per heavy atom. The third-order valence-corrected chi connectivity index (χ3v) is 7.55. The number of ketones is 1. The van der Waals surface area contributed by atoms with Crippen LogP contribution in [0, 0.1) is 0 Å². The standard InChI is InChI=1S/C33H33O9P/c1-36-29-18-16-24(15-17-28(34)27-20-31(37-2)33(39-4)32(21-27)38-3)19-30(29)42-43(35,40-22-25-11-7-5-8-12-25)41-23-26-13-9-6-10-14-26/h5-21H,22-23H2,1-4H3/b17-15+. The second-order valence-corrected chi connectivity index (χ2v) is 10.7. The Balaban J connectivity index is 1.58. The molecule has 0 saturated heterocycles. The van der Waals surface area contributed by atoms with Gasteiger partial charge in [-0.3, -0.25) is 13.8 Å². The van der Waals surface area contributed by atoms with Gasteiger partial charge < -0.3 is 23.5 Å². The molecule has 4 aromatic rings. The summed E-state index contributed by atoms with van der Waals surface area (Å²) in [7, 11) is 1.76. The monoisotopic (exact) mass is 604 g/mol. The highest BCUT2D eigenvalue weighted by Gasteiger charge is 2.30. The van der Waals surface area contributed by atoms with Gasteiger partial charge in [-0.05, 0) is 47.0 Å². The fourth-order valence-corrected chi connectivity index (χ4v) is 5.20. The lowest BCUT2D eigenvalue weighted by atomic mass is 10.1. The first-order chi connectivity index (χ1) is 20.9. The molecule has 0 amide bonds. The van der Waals surface area contributed by atoms with Gasteiger partial charge in [-0.2, -0.15) is 0 Å². The van der Waals surface area contributed by atoms with Gasteiger partial charge in [0.2, 0.25) is 5.75 Å². The minimum atomic E-state index is -4.15. The van der Waals surface area contributed by atoms with Crippen molar-refractivity contribution in [3.63, 3.8) is 0 Å². The van der Waals surface area contributed by atoms with E-state index in [0.29, 0.717) is 34.1 Å². The number of benzene rings is 4. The Hall–Kier alpha value is -4.56. The van der Waals surface area contributed by atoms with E-state index < -0.39 is 7.82 Å². The molecule has 0 fully saturated rings. The molecule has 4 aromatic carbocycles. The number of hydrogen-bond donors (Lipinski definition) is 0. The van der Waals surface area contributed by atoms with Gasteiger partial charge in [-0.1, -0.05) is 72.8 Å². The molecular weight excluding hydrogens is 571 g/mol. The van der Waals surface area contributed by atoms with E-state index in [-0.39, 0.29) is 24.7 Å². The summed E-state index contributed by atoms with van der Waals surface area (Å²) < 4.78 is 52.8. The van der Waals surface area contributed by atoms with Gasteiger partial charge in [-0.15, -0.1) is 0 Å². The van der Waals surface area contributed by atoms with Crippen molar-refractivity contribution in [2.75, 3.05) is 28.4 Å². The van der Waals surface area contributed by atoms with Gasteiger partial charge in [0, 0.05) is 5.56 Å². The number of ether oxygens (including phenoxy) is 4. The minimum absolute atomic E-state index is 0.00188.